The number of phenolic OH excluding ortho intramolecular Hbond substituents is 1. The summed E-state index contributed by atoms with van der Waals surface area (Å²) in [4.78, 5) is 12.0. The number of hydrogen-bond donors (Lipinski definition) is 3. The standard InChI is InChI=1S/C15H14O6/c1-15(7-17)3-2-9-11(21-15)5-12-13(14(9)19)10(18)4-8(6-16)20-12/h2-5,16-17,19H,6-7H2,1H3/t15-/m0/s1. The fourth-order valence-corrected chi connectivity index (χ4v) is 2.30. The largest absolute Gasteiger partial charge is 0.506 e. The van der Waals surface area contributed by atoms with E-state index in [1.54, 1.807) is 19.1 Å². The Labute approximate surface area is 119 Å². The van der Waals surface area contributed by atoms with Gasteiger partial charge in [-0.1, -0.05) is 0 Å². The molecule has 6 nitrogen and oxygen atoms in total. The lowest BCUT2D eigenvalue weighted by Crippen LogP contribution is -2.35. The van der Waals surface area contributed by atoms with E-state index in [0.29, 0.717) is 11.3 Å². The van der Waals surface area contributed by atoms with Gasteiger partial charge in [0.05, 0.1) is 12.2 Å². The molecule has 3 N–H and O–H groups in total. The van der Waals surface area contributed by atoms with Crippen LogP contribution in [0.3, 0.4) is 0 Å². The van der Waals surface area contributed by atoms with Gasteiger partial charge in [-0.25, -0.2) is 0 Å². The van der Waals surface area contributed by atoms with Gasteiger partial charge in [0, 0.05) is 12.1 Å². The Balaban J connectivity index is 2.31. The third-order valence-electron chi connectivity index (χ3n) is 3.46. The molecule has 0 unspecified atom stereocenters. The van der Waals surface area contributed by atoms with E-state index in [-0.39, 0.29) is 29.1 Å². The van der Waals surface area contributed by atoms with Crippen molar-refractivity contribution in [3.05, 3.63) is 39.8 Å². The van der Waals surface area contributed by atoms with Gasteiger partial charge in [0.25, 0.3) is 0 Å². The molecule has 0 radical (unpaired) electrons. The molecule has 0 fully saturated rings. The predicted octanol–water partition coefficient (Wildman–Crippen LogP) is 1.15. The molecule has 0 spiro atoms. The maximum absolute atomic E-state index is 12.0. The van der Waals surface area contributed by atoms with E-state index in [0.717, 1.165) is 6.07 Å². The predicted molar refractivity (Wildman–Crippen MR) is 75.2 cm³/mol. The Bertz CT molecular complexity index is 804. The summed E-state index contributed by atoms with van der Waals surface area (Å²) in [6, 6.07) is 2.61. The van der Waals surface area contributed by atoms with Crippen molar-refractivity contribution in [2.24, 2.45) is 0 Å². The number of ether oxygens (including phenoxy) is 1. The van der Waals surface area contributed by atoms with Crippen LogP contribution in [0, 0.1) is 0 Å². The summed E-state index contributed by atoms with van der Waals surface area (Å²) in [6.07, 6.45) is 3.22. The summed E-state index contributed by atoms with van der Waals surface area (Å²) in [6.45, 7) is 1.04. The minimum absolute atomic E-state index is 0.0341. The van der Waals surface area contributed by atoms with Gasteiger partial charge in [-0.05, 0) is 19.1 Å². The number of fused-ring (bicyclic) bond motifs is 2. The lowest BCUT2D eigenvalue weighted by atomic mass is 9.99. The van der Waals surface area contributed by atoms with E-state index >= 15 is 0 Å². The fraction of sp³-hybridized carbons (Fsp3) is 0.267. The van der Waals surface area contributed by atoms with Crippen molar-refractivity contribution in [2.45, 2.75) is 19.1 Å². The molecule has 110 valence electrons. The molecule has 1 atom stereocenters. The van der Waals surface area contributed by atoms with Crippen LogP contribution in [0.2, 0.25) is 0 Å². The second-order valence-electron chi connectivity index (χ2n) is 5.15. The topological polar surface area (TPSA) is 100 Å². The molecule has 1 aliphatic heterocycles. The average molecular weight is 290 g/mol. The quantitative estimate of drug-likeness (QED) is 0.767. The van der Waals surface area contributed by atoms with E-state index in [1.807, 2.05) is 0 Å². The van der Waals surface area contributed by atoms with Crippen molar-refractivity contribution in [1.82, 2.24) is 0 Å². The number of aliphatic hydroxyl groups is 2. The molecule has 6 heteroatoms. The van der Waals surface area contributed by atoms with Gasteiger partial charge in [-0.15, -0.1) is 0 Å². The van der Waals surface area contributed by atoms with Crippen molar-refractivity contribution in [1.29, 1.82) is 0 Å². The van der Waals surface area contributed by atoms with E-state index in [2.05, 4.69) is 0 Å². The molecule has 2 aromatic rings. The van der Waals surface area contributed by atoms with Gasteiger partial charge in [0.1, 0.15) is 40.4 Å². The number of aliphatic hydroxyl groups excluding tert-OH is 2. The third-order valence-corrected chi connectivity index (χ3v) is 3.46. The van der Waals surface area contributed by atoms with Crippen molar-refractivity contribution in [2.75, 3.05) is 6.61 Å². The van der Waals surface area contributed by atoms with Crippen LogP contribution in [-0.4, -0.2) is 27.5 Å². The third kappa shape index (κ3) is 2.09. The zero-order valence-corrected chi connectivity index (χ0v) is 11.3. The van der Waals surface area contributed by atoms with Gasteiger partial charge in [-0.2, -0.15) is 0 Å². The number of aromatic hydroxyl groups is 1. The zero-order valence-electron chi connectivity index (χ0n) is 11.3. The highest BCUT2D eigenvalue weighted by molar-refractivity contribution is 5.90. The van der Waals surface area contributed by atoms with Crippen molar-refractivity contribution >= 4 is 17.0 Å². The van der Waals surface area contributed by atoms with E-state index in [4.69, 9.17) is 14.3 Å². The Morgan fingerprint density at radius 1 is 1.29 bits per heavy atom. The fourth-order valence-electron chi connectivity index (χ4n) is 2.30. The van der Waals surface area contributed by atoms with E-state index in [9.17, 15) is 15.0 Å². The first-order valence-corrected chi connectivity index (χ1v) is 6.40. The minimum Gasteiger partial charge on any atom is -0.506 e. The SMILES string of the molecule is C[C@@]1(CO)C=Cc2c(cc3oc(CO)cc(=O)c3c2O)O1. The maximum Gasteiger partial charge on any atom is 0.196 e. The van der Waals surface area contributed by atoms with Crippen molar-refractivity contribution < 1.29 is 24.5 Å². The molecule has 1 aromatic carbocycles. The van der Waals surface area contributed by atoms with Crippen LogP contribution in [0.25, 0.3) is 17.0 Å². The van der Waals surface area contributed by atoms with Gasteiger partial charge in [0.2, 0.25) is 0 Å². The summed E-state index contributed by atoms with van der Waals surface area (Å²) in [7, 11) is 0. The molecule has 1 aromatic heterocycles. The van der Waals surface area contributed by atoms with E-state index in [1.165, 1.54) is 6.07 Å². The number of benzene rings is 1. The average Bonchev–Trinajstić information content (AvgIpc) is 2.46. The smallest absolute Gasteiger partial charge is 0.196 e. The monoisotopic (exact) mass is 290 g/mol. The van der Waals surface area contributed by atoms with Crippen LogP contribution in [-0.2, 0) is 6.61 Å². The first kappa shape index (κ1) is 13.7. The number of rotatable bonds is 2. The van der Waals surface area contributed by atoms with Crippen LogP contribution in [0.5, 0.6) is 11.5 Å². The Morgan fingerprint density at radius 3 is 2.71 bits per heavy atom. The summed E-state index contributed by atoms with van der Waals surface area (Å²) in [5, 5.41) is 28.7. The Hall–Kier alpha value is -2.31. The molecule has 0 bridgehead atoms. The zero-order chi connectivity index (χ0) is 15.2. The highest BCUT2D eigenvalue weighted by atomic mass is 16.5. The first-order chi connectivity index (χ1) is 9.97. The van der Waals surface area contributed by atoms with Crippen LogP contribution >= 0.6 is 0 Å². The molecular weight excluding hydrogens is 276 g/mol. The second kappa shape index (κ2) is 4.61. The summed E-state index contributed by atoms with van der Waals surface area (Å²) in [5.41, 5.74) is -0.859. The van der Waals surface area contributed by atoms with Gasteiger partial charge >= 0.3 is 0 Å². The van der Waals surface area contributed by atoms with Crippen LogP contribution < -0.4 is 10.2 Å². The van der Waals surface area contributed by atoms with Gasteiger partial charge in [-0.3, -0.25) is 4.79 Å². The van der Waals surface area contributed by atoms with Crippen molar-refractivity contribution in [3.8, 4) is 11.5 Å². The molecule has 0 saturated carbocycles. The minimum atomic E-state index is -0.901. The second-order valence-corrected chi connectivity index (χ2v) is 5.15. The number of hydrogen-bond acceptors (Lipinski definition) is 6. The number of phenols is 1. The van der Waals surface area contributed by atoms with Crippen molar-refractivity contribution in [3.63, 3.8) is 0 Å². The molecule has 21 heavy (non-hydrogen) atoms. The van der Waals surface area contributed by atoms with Crippen LogP contribution in [0.15, 0.2) is 27.4 Å². The molecule has 3 rings (SSSR count). The van der Waals surface area contributed by atoms with Gasteiger partial charge < -0.3 is 24.5 Å². The molecule has 0 saturated heterocycles. The Morgan fingerprint density at radius 2 is 2.05 bits per heavy atom. The molecule has 1 aliphatic rings. The first-order valence-electron chi connectivity index (χ1n) is 6.40. The normalized spacial score (nSPS) is 20.3. The molecular formula is C15H14O6. The summed E-state index contributed by atoms with van der Waals surface area (Å²) in [5.74, 6) is 0.164. The maximum atomic E-state index is 12.0. The van der Waals surface area contributed by atoms with E-state index < -0.39 is 17.6 Å². The molecule has 0 amide bonds. The highest BCUT2D eigenvalue weighted by Crippen LogP contribution is 2.40. The lowest BCUT2D eigenvalue weighted by molar-refractivity contribution is 0.0639. The molecule has 2 heterocycles. The Kier molecular flexibility index (Phi) is 3.00. The summed E-state index contributed by atoms with van der Waals surface area (Å²) >= 11 is 0. The highest BCUT2D eigenvalue weighted by Gasteiger charge is 2.29. The summed E-state index contributed by atoms with van der Waals surface area (Å²) < 4.78 is 11.0. The lowest BCUT2D eigenvalue weighted by Gasteiger charge is -2.30. The van der Waals surface area contributed by atoms with Gasteiger partial charge in [0.15, 0.2) is 5.43 Å². The van der Waals surface area contributed by atoms with Crippen LogP contribution in [0.1, 0.15) is 18.2 Å². The molecule has 0 aliphatic carbocycles. The van der Waals surface area contributed by atoms with Crippen LogP contribution in [0.4, 0.5) is 0 Å².